The molecule has 2 unspecified atom stereocenters. The highest BCUT2D eigenvalue weighted by molar-refractivity contribution is 6.31. The molecule has 2 aromatic carbocycles. The number of rotatable bonds is 4. The van der Waals surface area contributed by atoms with Crippen molar-refractivity contribution >= 4 is 23.2 Å². The molecule has 0 heterocycles. The van der Waals surface area contributed by atoms with E-state index in [1.165, 1.54) is 0 Å². The standard InChI is InChI=1S/C16H17Cl2NO/c1-10-5-6-13(15(18)7-10)16(20)14(9-19)11-3-2-4-12(17)8-11/h2-8,14,16,20H,9,19H2,1H3. The van der Waals surface area contributed by atoms with Crippen LogP contribution in [0.4, 0.5) is 0 Å². The Hall–Kier alpha value is -1.06. The van der Waals surface area contributed by atoms with Gasteiger partial charge in [-0.25, -0.2) is 0 Å². The monoisotopic (exact) mass is 309 g/mol. The van der Waals surface area contributed by atoms with Gasteiger partial charge in [0.15, 0.2) is 0 Å². The van der Waals surface area contributed by atoms with Gasteiger partial charge in [-0.15, -0.1) is 0 Å². The van der Waals surface area contributed by atoms with E-state index in [1.807, 2.05) is 43.3 Å². The minimum absolute atomic E-state index is 0.242. The van der Waals surface area contributed by atoms with E-state index in [1.54, 1.807) is 6.07 Å². The Morgan fingerprint density at radius 2 is 1.90 bits per heavy atom. The maximum Gasteiger partial charge on any atom is 0.0885 e. The molecule has 2 rings (SSSR count). The van der Waals surface area contributed by atoms with Crippen LogP contribution in [0.2, 0.25) is 10.0 Å². The van der Waals surface area contributed by atoms with E-state index in [0.717, 1.165) is 11.1 Å². The maximum absolute atomic E-state index is 10.6. The van der Waals surface area contributed by atoms with E-state index in [4.69, 9.17) is 28.9 Å². The fourth-order valence-electron chi connectivity index (χ4n) is 2.27. The van der Waals surface area contributed by atoms with E-state index in [-0.39, 0.29) is 5.92 Å². The SMILES string of the molecule is Cc1ccc(C(O)C(CN)c2cccc(Cl)c2)c(Cl)c1. The topological polar surface area (TPSA) is 46.2 Å². The van der Waals surface area contributed by atoms with Crippen molar-refractivity contribution < 1.29 is 5.11 Å². The quantitative estimate of drug-likeness (QED) is 0.894. The lowest BCUT2D eigenvalue weighted by atomic mass is 9.89. The summed E-state index contributed by atoms with van der Waals surface area (Å²) < 4.78 is 0. The number of nitrogens with two attached hydrogens (primary N) is 1. The number of benzene rings is 2. The van der Waals surface area contributed by atoms with Crippen LogP contribution in [0.3, 0.4) is 0 Å². The van der Waals surface area contributed by atoms with E-state index in [0.29, 0.717) is 22.2 Å². The number of hydrogen-bond donors (Lipinski definition) is 2. The molecule has 0 aromatic heterocycles. The number of aliphatic hydroxyl groups is 1. The summed E-state index contributed by atoms with van der Waals surface area (Å²) in [5.74, 6) is -0.242. The molecule has 2 nitrogen and oxygen atoms in total. The average molecular weight is 310 g/mol. The number of aryl methyl sites for hydroxylation is 1. The Morgan fingerprint density at radius 3 is 2.50 bits per heavy atom. The smallest absolute Gasteiger partial charge is 0.0885 e. The van der Waals surface area contributed by atoms with Crippen molar-refractivity contribution in [2.45, 2.75) is 18.9 Å². The Labute approximate surface area is 129 Å². The molecule has 0 radical (unpaired) electrons. The van der Waals surface area contributed by atoms with Crippen molar-refractivity contribution in [2.24, 2.45) is 5.73 Å². The predicted octanol–water partition coefficient (Wildman–Crippen LogP) is 4.08. The molecule has 0 aliphatic rings. The molecule has 0 saturated carbocycles. The summed E-state index contributed by atoms with van der Waals surface area (Å²) in [5, 5.41) is 11.8. The molecule has 3 N–H and O–H groups in total. The first-order valence-corrected chi connectivity index (χ1v) is 7.18. The van der Waals surface area contributed by atoms with Gasteiger partial charge in [0.05, 0.1) is 6.10 Å². The van der Waals surface area contributed by atoms with Crippen molar-refractivity contribution in [3.63, 3.8) is 0 Å². The molecule has 2 aromatic rings. The van der Waals surface area contributed by atoms with E-state index in [9.17, 15) is 5.11 Å². The normalized spacial score (nSPS) is 14.1. The van der Waals surface area contributed by atoms with Gasteiger partial charge in [-0.05, 0) is 41.8 Å². The first-order chi connectivity index (χ1) is 9.52. The maximum atomic E-state index is 10.6. The zero-order valence-corrected chi connectivity index (χ0v) is 12.7. The van der Waals surface area contributed by atoms with Gasteiger partial charge in [0.25, 0.3) is 0 Å². The van der Waals surface area contributed by atoms with Crippen LogP contribution in [0, 0.1) is 6.92 Å². The molecular weight excluding hydrogens is 293 g/mol. The van der Waals surface area contributed by atoms with E-state index >= 15 is 0 Å². The molecule has 20 heavy (non-hydrogen) atoms. The van der Waals surface area contributed by atoms with Gasteiger partial charge < -0.3 is 10.8 Å². The van der Waals surface area contributed by atoms with Gasteiger partial charge in [-0.1, -0.05) is 47.5 Å². The Balaban J connectivity index is 2.36. The minimum atomic E-state index is -0.758. The predicted molar refractivity (Wildman–Crippen MR) is 84.4 cm³/mol. The molecule has 0 bridgehead atoms. The number of aliphatic hydroxyl groups excluding tert-OH is 1. The second-order valence-electron chi connectivity index (χ2n) is 4.87. The largest absolute Gasteiger partial charge is 0.388 e. The van der Waals surface area contributed by atoms with Crippen LogP contribution in [0.1, 0.15) is 28.7 Å². The molecule has 0 aliphatic carbocycles. The second kappa shape index (κ2) is 6.59. The summed E-state index contributed by atoms with van der Waals surface area (Å²) in [4.78, 5) is 0. The van der Waals surface area contributed by atoms with Crippen molar-refractivity contribution in [3.05, 3.63) is 69.2 Å². The minimum Gasteiger partial charge on any atom is -0.388 e. The molecular formula is C16H17Cl2NO. The summed E-state index contributed by atoms with van der Waals surface area (Å²) in [6, 6.07) is 13.0. The van der Waals surface area contributed by atoms with Gasteiger partial charge in [-0.2, -0.15) is 0 Å². The fourth-order valence-corrected chi connectivity index (χ4v) is 2.82. The van der Waals surface area contributed by atoms with Crippen molar-refractivity contribution in [1.29, 1.82) is 0 Å². The third-order valence-electron chi connectivity index (χ3n) is 3.39. The zero-order chi connectivity index (χ0) is 14.7. The van der Waals surface area contributed by atoms with Crippen LogP contribution in [0.15, 0.2) is 42.5 Å². The van der Waals surface area contributed by atoms with E-state index < -0.39 is 6.10 Å². The van der Waals surface area contributed by atoms with Crippen LogP contribution in [0.5, 0.6) is 0 Å². The lowest BCUT2D eigenvalue weighted by molar-refractivity contribution is 0.147. The lowest BCUT2D eigenvalue weighted by Crippen LogP contribution is -2.20. The Morgan fingerprint density at radius 1 is 1.15 bits per heavy atom. The van der Waals surface area contributed by atoms with Gasteiger partial charge in [0.2, 0.25) is 0 Å². The van der Waals surface area contributed by atoms with Crippen molar-refractivity contribution in [2.75, 3.05) is 6.54 Å². The Bertz CT molecular complexity index is 601. The Kier molecular flexibility index (Phi) is 5.06. The average Bonchev–Trinajstić information content (AvgIpc) is 2.39. The highest BCUT2D eigenvalue weighted by atomic mass is 35.5. The summed E-state index contributed by atoms with van der Waals surface area (Å²) >= 11 is 12.2. The van der Waals surface area contributed by atoms with Crippen LogP contribution >= 0.6 is 23.2 Å². The summed E-state index contributed by atoms with van der Waals surface area (Å²) in [7, 11) is 0. The summed E-state index contributed by atoms with van der Waals surface area (Å²) in [6.45, 7) is 2.27. The molecule has 0 amide bonds. The van der Waals surface area contributed by atoms with Gasteiger partial charge in [0.1, 0.15) is 0 Å². The van der Waals surface area contributed by atoms with Crippen molar-refractivity contribution in [1.82, 2.24) is 0 Å². The van der Waals surface area contributed by atoms with Gasteiger partial charge in [0, 0.05) is 22.5 Å². The first-order valence-electron chi connectivity index (χ1n) is 6.42. The van der Waals surface area contributed by atoms with Crippen molar-refractivity contribution in [3.8, 4) is 0 Å². The third kappa shape index (κ3) is 3.33. The molecule has 106 valence electrons. The molecule has 0 saturated heterocycles. The first kappa shape index (κ1) is 15.3. The van der Waals surface area contributed by atoms with E-state index in [2.05, 4.69) is 0 Å². The van der Waals surface area contributed by atoms with Crippen LogP contribution in [-0.4, -0.2) is 11.7 Å². The van der Waals surface area contributed by atoms with Gasteiger partial charge in [-0.3, -0.25) is 0 Å². The summed E-state index contributed by atoms with van der Waals surface area (Å²) in [5.41, 5.74) is 8.47. The molecule has 2 atom stereocenters. The zero-order valence-electron chi connectivity index (χ0n) is 11.2. The molecule has 0 aliphatic heterocycles. The van der Waals surface area contributed by atoms with Crippen LogP contribution in [0.25, 0.3) is 0 Å². The highest BCUT2D eigenvalue weighted by Gasteiger charge is 2.23. The summed E-state index contributed by atoms with van der Waals surface area (Å²) in [6.07, 6.45) is -0.758. The molecule has 4 heteroatoms. The number of halogens is 2. The second-order valence-corrected chi connectivity index (χ2v) is 5.71. The van der Waals surface area contributed by atoms with Crippen LogP contribution < -0.4 is 5.73 Å². The lowest BCUT2D eigenvalue weighted by Gasteiger charge is -2.23. The molecule has 0 fully saturated rings. The molecule has 0 spiro atoms. The number of hydrogen-bond acceptors (Lipinski definition) is 2. The van der Waals surface area contributed by atoms with Crippen LogP contribution in [-0.2, 0) is 0 Å². The fraction of sp³-hybridized carbons (Fsp3) is 0.250. The third-order valence-corrected chi connectivity index (χ3v) is 3.95. The van der Waals surface area contributed by atoms with Gasteiger partial charge >= 0.3 is 0 Å². The highest BCUT2D eigenvalue weighted by Crippen LogP contribution is 2.35.